The van der Waals surface area contributed by atoms with Crippen molar-refractivity contribution in [1.29, 1.82) is 10.8 Å². The van der Waals surface area contributed by atoms with Crippen LogP contribution in [0.2, 0.25) is 0 Å². The lowest BCUT2D eigenvalue weighted by atomic mass is 10.2. The van der Waals surface area contributed by atoms with Crippen molar-refractivity contribution in [3.63, 3.8) is 0 Å². The number of hydrogen-bond donors (Lipinski definition) is 12. The van der Waals surface area contributed by atoms with E-state index in [1.807, 2.05) is 27.7 Å². The van der Waals surface area contributed by atoms with Gasteiger partial charge in [-0.05, 0) is 0 Å². The maximum Gasteiger partial charge on any atom is 0.413 e. The fourth-order valence-corrected chi connectivity index (χ4v) is 2.93. The van der Waals surface area contributed by atoms with E-state index >= 15 is 0 Å². The van der Waals surface area contributed by atoms with E-state index in [0.717, 1.165) is 0 Å². The Morgan fingerprint density at radius 1 is 0.463 bits per heavy atom. The van der Waals surface area contributed by atoms with Gasteiger partial charge < -0.3 is 23.8 Å². The van der Waals surface area contributed by atoms with Crippen molar-refractivity contribution in [3.8, 4) is 0 Å². The molecule has 18 N–H and O–H groups in total. The van der Waals surface area contributed by atoms with Gasteiger partial charge in [0.1, 0.15) is 0 Å². The van der Waals surface area contributed by atoms with Crippen molar-refractivity contribution in [2.75, 3.05) is 0 Å². The van der Waals surface area contributed by atoms with E-state index in [1.165, 1.54) is 0 Å². The highest BCUT2D eigenvalue weighted by molar-refractivity contribution is 7.95. The Morgan fingerprint density at radius 3 is 0.537 bits per heavy atom. The van der Waals surface area contributed by atoms with Gasteiger partial charge in [-0.25, -0.2) is 0 Å². The zero-order valence-electron chi connectivity index (χ0n) is 21.0. The van der Waals surface area contributed by atoms with Crippen LogP contribution in [-0.2, 0) is 73.3 Å². The molecule has 0 aromatic carbocycles. The smallest absolute Gasteiger partial charge is 0.387 e. The number of rotatable bonds is 8. The molecule has 0 rings (SSSR count). The summed E-state index contributed by atoms with van der Waals surface area (Å²) < 4.78 is 167. The van der Waals surface area contributed by atoms with Crippen LogP contribution in [0.15, 0.2) is 0 Å². The van der Waals surface area contributed by atoms with Crippen molar-refractivity contribution >= 4 is 74.1 Å². The highest BCUT2D eigenvalue weighted by Gasteiger charge is 2.17. The summed E-state index contributed by atoms with van der Waals surface area (Å²) >= 11 is 0. The molecular weight excluding hydrogens is 709 g/mol. The Balaban J connectivity index is -0.0000000704. The van der Waals surface area contributed by atoms with Crippen molar-refractivity contribution in [3.05, 3.63) is 0 Å². The molecule has 0 radical (unpaired) electrons. The molecule has 0 fully saturated rings. The average Bonchev–Trinajstić information content (AvgIpc) is 2.45. The molecule has 0 unspecified atom stereocenters. The topological polar surface area (TPSA) is 524 Å². The van der Waals surface area contributed by atoms with Gasteiger partial charge in [0, 0.05) is 11.8 Å². The van der Waals surface area contributed by atoms with Crippen molar-refractivity contribution in [2.24, 2.45) is 23.3 Å². The Hall–Kier alpha value is -1.80. The second-order valence-corrected chi connectivity index (χ2v) is 12.8. The van der Waals surface area contributed by atoms with Crippen LogP contribution in [0.25, 0.3) is 0 Å². The molecular formula is C8H32N6O21S6. The molecule has 0 atom stereocenters. The first-order valence-electron chi connectivity index (χ1n) is 8.06. The standard InChI is InChI=1S/2C4H10N2.2H3N.3H2O7S2/c2*1-3(2)4(5)6;;;3*1-8(2,3)7-9(4,5)6/h2*3H,1-2H3,(H3,5,6);2*1H3;3*(H,1,2,3)(H,4,5,6). The van der Waals surface area contributed by atoms with Crippen LogP contribution < -0.4 is 23.8 Å². The highest BCUT2D eigenvalue weighted by atomic mass is 32.3. The van der Waals surface area contributed by atoms with Gasteiger partial charge >= 0.3 is 62.4 Å². The minimum absolute atomic E-state index is 0. The van der Waals surface area contributed by atoms with Crippen LogP contribution in [0.4, 0.5) is 0 Å². The summed E-state index contributed by atoms with van der Waals surface area (Å²) in [6.07, 6.45) is 0. The van der Waals surface area contributed by atoms with Gasteiger partial charge in [-0.15, -0.1) is 10.9 Å². The molecule has 0 saturated carbocycles. The van der Waals surface area contributed by atoms with Crippen LogP contribution in [0, 0.1) is 22.7 Å². The number of amidine groups is 2. The lowest BCUT2D eigenvalue weighted by Gasteiger charge is -1.95. The number of nitrogens with one attached hydrogen (secondary N) is 2. The monoisotopic (exact) mass is 740 g/mol. The number of nitrogens with two attached hydrogens (primary N) is 2. The first kappa shape index (κ1) is 55.2. The van der Waals surface area contributed by atoms with Crippen molar-refractivity contribution in [2.45, 2.75) is 27.7 Å². The third kappa shape index (κ3) is 85.5. The molecule has 256 valence electrons. The van der Waals surface area contributed by atoms with E-state index in [9.17, 15) is 50.5 Å². The van der Waals surface area contributed by atoms with Crippen LogP contribution in [0.1, 0.15) is 27.7 Å². The first-order chi connectivity index (χ1) is 16.4. The zero-order chi connectivity index (χ0) is 33.4. The van der Waals surface area contributed by atoms with E-state index in [1.54, 1.807) is 0 Å². The predicted molar refractivity (Wildman–Crippen MR) is 136 cm³/mol. The van der Waals surface area contributed by atoms with E-state index in [-0.39, 0.29) is 35.8 Å². The molecule has 27 nitrogen and oxygen atoms in total. The Kier molecular flexibility index (Phi) is 29.4. The fourth-order valence-electron chi connectivity index (χ4n) is 0.326. The Bertz CT molecular complexity index is 1160. The van der Waals surface area contributed by atoms with Gasteiger partial charge in [0.25, 0.3) is 0 Å². The molecule has 0 spiro atoms. The average molecular weight is 741 g/mol. The fraction of sp³-hybridized carbons (Fsp3) is 0.750. The SMILES string of the molecule is CC(C)C(=N)N.CC(C)C(=N)N.N.N.O=S(=O)(O)OS(=O)(=O)O.O=S(=O)(O)OS(=O)(=O)O.O=S(=O)(O)OS(=O)(=O)O. The van der Waals surface area contributed by atoms with E-state index in [0.29, 0.717) is 0 Å². The Morgan fingerprint density at radius 2 is 0.537 bits per heavy atom. The molecule has 0 saturated heterocycles. The molecule has 0 amide bonds. The van der Waals surface area contributed by atoms with Gasteiger partial charge in [-0.2, -0.15) is 50.5 Å². The van der Waals surface area contributed by atoms with E-state index < -0.39 is 62.4 Å². The van der Waals surface area contributed by atoms with E-state index in [2.05, 4.69) is 10.9 Å². The van der Waals surface area contributed by atoms with Crippen LogP contribution >= 0.6 is 0 Å². The molecule has 0 heterocycles. The summed E-state index contributed by atoms with van der Waals surface area (Å²) in [5, 5.41) is 13.5. The summed E-state index contributed by atoms with van der Waals surface area (Å²) in [6.45, 7) is 7.56. The molecule has 0 aliphatic carbocycles. The summed E-state index contributed by atoms with van der Waals surface area (Å²) in [5.41, 5.74) is 10.0. The molecule has 0 bridgehead atoms. The summed E-state index contributed by atoms with van der Waals surface area (Å²) in [4.78, 5) is 0. The number of hydrogen-bond acceptors (Lipinski definition) is 19. The lowest BCUT2D eigenvalue weighted by Crippen LogP contribution is -2.16. The van der Waals surface area contributed by atoms with Gasteiger partial charge in [0.05, 0.1) is 11.7 Å². The largest absolute Gasteiger partial charge is 0.413 e. The van der Waals surface area contributed by atoms with Gasteiger partial charge in [-0.3, -0.25) is 38.1 Å². The highest BCUT2D eigenvalue weighted by Crippen LogP contribution is 1.93. The van der Waals surface area contributed by atoms with Gasteiger partial charge in [0.2, 0.25) is 0 Å². The molecule has 0 aliphatic heterocycles. The minimum Gasteiger partial charge on any atom is -0.387 e. The summed E-state index contributed by atoms with van der Waals surface area (Å²) in [6, 6.07) is 0. The molecule has 0 aliphatic rings. The van der Waals surface area contributed by atoms with Crippen molar-refractivity contribution in [1.82, 2.24) is 12.3 Å². The molecule has 41 heavy (non-hydrogen) atoms. The maximum absolute atomic E-state index is 9.44. The molecule has 0 aromatic rings. The third-order valence-electron chi connectivity index (χ3n) is 1.76. The minimum atomic E-state index is -5.12. The molecule has 33 heteroatoms. The predicted octanol–water partition coefficient (Wildman–Crippen LogP) is -2.69. The molecule has 0 aromatic heterocycles. The quantitative estimate of drug-likeness (QED) is 0.0684. The second kappa shape index (κ2) is 21.8. The van der Waals surface area contributed by atoms with Crippen molar-refractivity contribution < 1.29 is 88.7 Å². The van der Waals surface area contributed by atoms with E-state index in [4.69, 9.17) is 49.6 Å². The lowest BCUT2D eigenvalue weighted by molar-refractivity contribution is 0.339. The van der Waals surface area contributed by atoms with Gasteiger partial charge in [-0.1, -0.05) is 27.7 Å². The van der Waals surface area contributed by atoms with Gasteiger partial charge in [0.15, 0.2) is 0 Å². The zero-order valence-corrected chi connectivity index (χ0v) is 25.9. The summed E-state index contributed by atoms with van der Waals surface area (Å²) in [7, 11) is -30.7. The maximum atomic E-state index is 9.44. The second-order valence-electron chi connectivity index (χ2n) is 5.99. The van der Waals surface area contributed by atoms with Crippen LogP contribution in [0.3, 0.4) is 0 Å². The summed E-state index contributed by atoms with van der Waals surface area (Å²) in [5.74, 6) is 0.944. The van der Waals surface area contributed by atoms with Crippen LogP contribution in [0.5, 0.6) is 0 Å². The third-order valence-corrected chi connectivity index (χ3v) is 5.89. The van der Waals surface area contributed by atoms with Crippen LogP contribution in [-0.4, -0.2) is 89.5 Å². The Labute approximate surface area is 236 Å². The first-order valence-corrected chi connectivity index (χ1v) is 16.3. The normalized spacial score (nSPS) is 11.6.